The number of H-pyrrole nitrogens is 1. The molecule has 6 heteroatoms. The molecule has 2 aromatic heterocycles. The summed E-state index contributed by atoms with van der Waals surface area (Å²) in [6, 6.07) is 2.16. The van der Waals surface area contributed by atoms with E-state index in [1.807, 2.05) is 48.8 Å². The van der Waals surface area contributed by atoms with Gasteiger partial charge in [0.1, 0.15) is 0 Å². The second-order valence-corrected chi connectivity index (χ2v) is 6.75. The molecule has 1 saturated heterocycles. The van der Waals surface area contributed by atoms with E-state index in [1.165, 1.54) is 12.0 Å². The topological polar surface area (TPSA) is 66.0 Å². The number of hydrogen-bond acceptors (Lipinski definition) is 2. The average Bonchev–Trinajstić information content (AvgIpc) is 3.02. The molecule has 3 rings (SSSR count). The monoisotopic (exact) mass is 329 g/mol. The van der Waals surface area contributed by atoms with Gasteiger partial charge in [-0.2, -0.15) is 5.10 Å². The van der Waals surface area contributed by atoms with Crippen LogP contribution in [0.15, 0.2) is 18.5 Å². The SMILES string of the molecule is Cc1n[nH]c(C)c1[C@@H]1CCCCCN1C(=O)NCc1ccn(C)c1. The lowest BCUT2D eigenvalue weighted by Gasteiger charge is -2.30. The highest BCUT2D eigenvalue weighted by Crippen LogP contribution is 2.33. The van der Waals surface area contributed by atoms with Gasteiger partial charge in [-0.05, 0) is 38.3 Å². The average molecular weight is 329 g/mol. The third kappa shape index (κ3) is 3.47. The summed E-state index contributed by atoms with van der Waals surface area (Å²) in [4.78, 5) is 14.8. The van der Waals surface area contributed by atoms with Gasteiger partial charge >= 0.3 is 6.03 Å². The molecule has 24 heavy (non-hydrogen) atoms. The maximum Gasteiger partial charge on any atom is 0.318 e. The first-order chi connectivity index (χ1) is 11.6. The molecule has 0 radical (unpaired) electrons. The van der Waals surface area contributed by atoms with Crippen molar-refractivity contribution < 1.29 is 4.79 Å². The van der Waals surface area contributed by atoms with Crippen LogP contribution in [0, 0.1) is 13.8 Å². The maximum atomic E-state index is 12.8. The van der Waals surface area contributed by atoms with Crippen molar-refractivity contribution in [2.75, 3.05) is 6.54 Å². The first-order valence-electron chi connectivity index (χ1n) is 8.73. The zero-order valence-corrected chi connectivity index (χ0v) is 14.8. The predicted molar refractivity (Wildman–Crippen MR) is 93.6 cm³/mol. The van der Waals surface area contributed by atoms with E-state index in [9.17, 15) is 4.79 Å². The first kappa shape index (κ1) is 16.6. The smallest absolute Gasteiger partial charge is 0.318 e. The van der Waals surface area contributed by atoms with E-state index >= 15 is 0 Å². The molecular formula is C18H27N5O. The number of hydrogen-bond donors (Lipinski definition) is 2. The molecule has 2 amide bonds. The van der Waals surface area contributed by atoms with Crippen LogP contribution in [-0.4, -0.2) is 32.2 Å². The lowest BCUT2D eigenvalue weighted by Crippen LogP contribution is -2.42. The quantitative estimate of drug-likeness (QED) is 0.908. The number of carbonyl (C=O) groups excluding carboxylic acids is 1. The summed E-state index contributed by atoms with van der Waals surface area (Å²) in [5, 5.41) is 10.5. The summed E-state index contributed by atoms with van der Waals surface area (Å²) in [6.45, 7) is 5.42. The number of urea groups is 1. The second kappa shape index (κ2) is 7.11. The van der Waals surface area contributed by atoms with E-state index in [0.717, 1.165) is 42.8 Å². The van der Waals surface area contributed by atoms with Crippen molar-refractivity contribution in [2.24, 2.45) is 7.05 Å². The Balaban J connectivity index is 1.75. The van der Waals surface area contributed by atoms with Crippen LogP contribution >= 0.6 is 0 Å². The molecule has 0 unspecified atom stereocenters. The first-order valence-corrected chi connectivity index (χ1v) is 8.73. The van der Waals surface area contributed by atoms with Crippen molar-refractivity contribution in [2.45, 2.75) is 52.1 Å². The number of nitrogens with zero attached hydrogens (tertiary/aromatic N) is 3. The predicted octanol–water partition coefficient (Wildman–Crippen LogP) is 3.19. The number of aromatic amines is 1. The minimum absolute atomic E-state index is 0.0192. The zero-order valence-electron chi connectivity index (χ0n) is 14.8. The summed E-state index contributed by atoms with van der Waals surface area (Å²) in [7, 11) is 1.99. The van der Waals surface area contributed by atoms with Gasteiger partial charge in [0, 0.05) is 43.8 Å². The normalized spacial score (nSPS) is 18.5. The second-order valence-electron chi connectivity index (χ2n) is 6.75. The van der Waals surface area contributed by atoms with E-state index in [4.69, 9.17) is 0 Å². The Morgan fingerprint density at radius 1 is 1.38 bits per heavy atom. The van der Waals surface area contributed by atoms with Crippen LogP contribution in [0.4, 0.5) is 4.79 Å². The van der Waals surface area contributed by atoms with Gasteiger partial charge in [-0.15, -0.1) is 0 Å². The Hall–Kier alpha value is -2.24. The fourth-order valence-corrected chi connectivity index (χ4v) is 3.65. The highest BCUT2D eigenvalue weighted by molar-refractivity contribution is 5.75. The van der Waals surface area contributed by atoms with Crippen molar-refractivity contribution in [3.8, 4) is 0 Å². The van der Waals surface area contributed by atoms with E-state index < -0.39 is 0 Å². The van der Waals surface area contributed by atoms with Gasteiger partial charge in [0.25, 0.3) is 0 Å². The number of aromatic nitrogens is 3. The number of rotatable bonds is 3. The molecule has 1 atom stereocenters. The van der Waals surface area contributed by atoms with Crippen LogP contribution in [0.2, 0.25) is 0 Å². The number of carbonyl (C=O) groups is 1. The van der Waals surface area contributed by atoms with Crippen molar-refractivity contribution >= 4 is 6.03 Å². The summed E-state index contributed by atoms with van der Waals surface area (Å²) in [6.07, 6.45) is 8.41. The van der Waals surface area contributed by atoms with Crippen LogP contribution < -0.4 is 5.32 Å². The maximum absolute atomic E-state index is 12.8. The molecule has 2 aromatic rings. The minimum atomic E-state index is 0.0192. The number of aryl methyl sites for hydroxylation is 3. The van der Waals surface area contributed by atoms with E-state index in [1.54, 1.807) is 0 Å². The lowest BCUT2D eigenvalue weighted by atomic mass is 9.99. The van der Waals surface area contributed by atoms with Crippen LogP contribution in [0.25, 0.3) is 0 Å². The van der Waals surface area contributed by atoms with Crippen molar-refractivity contribution in [1.82, 2.24) is 25.0 Å². The fourth-order valence-electron chi connectivity index (χ4n) is 3.65. The Bertz CT molecular complexity index is 683. The fraction of sp³-hybridized carbons (Fsp3) is 0.556. The van der Waals surface area contributed by atoms with Gasteiger partial charge in [-0.3, -0.25) is 5.10 Å². The summed E-state index contributed by atoms with van der Waals surface area (Å²) < 4.78 is 1.99. The molecular weight excluding hydrogens is 302 g/mol. The largest absolute Gasteiger partial charge is 0.357 e. The van der Waals surface area contributed by atoms with Gasteiger partial charge in [-0.25, -0.2) is 4.79 Å². The molecule has 3 heterocycles. The molecule has 2 N–H and O–H groups in total. The summed E-state index contributed by atoms with van der Waals surface area (Å²) in [5.41, 5.74) is 4.38. The Morgan fingerprint density at radius 2 is 2.21 bits per heavy atom. The molecule has 6 nitrogen and oxygen atoms in total. The molecule has 0 bridgehead atoms. The lowest BCUT2D eigenvalue weighted by molar-refractivity contribution is 0.175. The summed E-state index contributed by atoms with van der Waals surface area (Å²) >= 11 is 0. The van der Waals surface area contributed by atoms with Crippen molar-refractivity contribution in [3.63, 3.8) is 0 Å². The highest BCUT2D eigenvalue weighted by atomic mass is 16.2. The van der Waals surface area contributed by atoms with E-state index in [0.29, 0.717) is 6.54 Å². The molecule has 130 valence electrons. The molecule has 0 aromatic carbocycles. The van der Waals surface area contributed by atoms with Gasteiger partial charge in [-0.1, -0.05) is 12.8 Å². The molecule has 1 aliphatic rings. The molecule has 0 spiro atoms. The highest BCUT2D eigenvalue weighted by Gasteiger charge is 2.30. The molecule has 1 aliphatic heterocycles. The Labute approximate surface area is 143 Å². The Morgan fingerprint density at radius 3 is 2.88 bits per heavy atom. The zero-order chi connectivity index (χ0) is 17.1. The molecule has 0 aliphatic carbocycles. The minimum Gasteiger partial charge on any atom is -0.357 e. The van der Waals surface area contributed by atoms with Crippen LogP contribution in [0.5, 0.6) is 0 Å². The van der Waals surface area contributed by atoms with E-state index in [-0.39, 0.29) is 12.1 Å². The molecule has 1 fully saturated rings. The van der Waals surface area contributed by atoms with Gasteiger partial charge in [0.15, 0.2) is 0 Å². The summed E-state index contributed by atoms with van der Waals surface area (Å²) in [5.74, 6) is 0. The molecule has 0 saturated carbocycles. The van der Waals surface area contributed by atoms with E-state index in [2.05, 4.69) is 15.5 Å². The Kier molecular flexibility index (Phi) is 4.92. The van der Waals surface area contributed by atoms with Crippen LogP contribution in [-0.2, 0) is 13.6 Å². The third-order valence-electron chi connectivity index (χ3n) is 4.87. The number of likely N-dealkylation sites (tertiary alicyclic amines) is 1. The van der Waals surface area contributed by atoms with Gasteiger partial charge in [0.05, 0.1) is 11.7 Å². The van der Waals surface area contributed by atoms with Gasteiger partial charge < -0.3 is 14.8 Å². The van der Waals surface area contributed by atoms with Crippen molar-refractivity contribution in [3.05, 3.63) is 41.0 Å². The third-order valence-corrected chi connectivity index (χ3v) is 4.87. The van der Waals surface area contributed by atoms with Crippen LogP contribution in [0.1, 0.15) is 54.2 Å². The van der Waals surface area contributed by atoms with Gasteiger partial charge in [0.2, 0.25) is 0 Å². The standard InChI is InChI=1S/C18H27N5O/c1-13-17(14(2)21-20-13)16-7-5-4-6-9-23(16)18(24)19-11-15-8-10-22(3)12-15/h8,10,12,16H,4-7,9,11H2,1-3H3,(H,19,24)(H,20,21)/t16-/m0/s1. The van der Waals surface area contributed by atoms with Crippen LogP contribution in [0.3, 0.4) is 0 Å². The number of nitrogens with one attached hydrogen (secondary N) is 2. The number of amides is 2. The van der Waals surface area contributed by atoms with Crippen molar-refractivity contribution in [1.29, 1.82) is 0 Å².